The second-order valence-electron chi connectivity index (χ2n) is 9.19. The number of phenolic OH excluding ortho intramolecular Hbond substituents is 1. The van der Waals surface area contributed by atoms with E-state index in [1.807, 2.05) is 48.5 Å². The van der Waals surface area contributed by atoms with Crippen LogP contribution in [-0.4, -0.2) is 72.9 Å². The second-order valence-corrected chi connectivity index (χ2v) is 9.19. The summed E-state index contributed by atoms with van der Waals surface area (Å²) >= 11 is 0. The van der Waals surface area contributed by atoms with Gasteiger partial charge in [-0.1, -0.05) is 55.5 Å². The van der Waals surface area contributed by atoms with Crippen LogP contribution >= 0.6 is 0 Å². The van der Waals surface area contributed by atoms with E-state index in [1.165, 1.54) is 22.0 Å². The Bertz CT molecular complexity index is 1350. The summed E-state index contributed by atoms with van der Waals surface area (Å²) in [6, 6.07) is 22.9. The number of hydrogen-bond acceptors (Lipinski definition) is 5. The van der Waals surface area contributed by atoms with Crippen molar-refractivity contribution in [3.05, 3.63) is 102 Å². The topological polar surface area (TPSA) is 99.5 Å². The van der Waals surface area contributed by atoms with Gasteiger partial charge < -0.3 is 29.5 Å². The summed E-state index contributed by atoms with van der Waals surface area (Å²) in [4.78, 5) is 25.9. The molecule has 2 amide bonds. The fraction of sp³-hybridized carbons (Fsp3) is 0.250. The predicted octanol–water partition coefficient (Wildman–Crippen LogP) is 5.77. The molecule has 0 saturated carbocycles. The van der Waals surface area contributed by atoms with E-state index >= 15 is 0 Å². The molecule has 3 aromatic carbocycles. The number of allylic oxidation sites excluding steroid dienone is 1. The maximum Gasteiger partial charge on any atom is 0.407 e. The molecule has 3 aromatic rings. The smallest absolute Gasteiger partial charge is 0.407 e. The number of ether oxygens (including phenoxy) is 2. The second kappa shape index (κ2) is 14.4. The number of nitrogens with zero attached hydrogens (tertiary/aromatic N) is 2. The first-order valence-electron chi connectivity index (χ1n) is 13.0. The number of hydrogen-bond donors (Lipinski definition) is 2. The minimum atomic E-state index is -1.09. The fourth-order valence-corrected chi connectivity index (χ4v) is 4.23. The summed E-state index contributed by atoms with van der Waals surface area (Å²) in [7, 11) is 4.84. The molecule has 0 aliphatic heterocycles. The normalized spacial score (nSPS) is 11.6. The van der Waals surface area contributed by atoms with Gasteiger partial charge >= 0.3 is 6.09 Å². The molecule has 8 heteroatoms. The molecule has 2 N–H and O–H groups in total. The standard InChI is InChI=1S/C32H36N2O6/c1-5-27(23-10-7-6-8-11-23)31(28-18-15-25(35)22-29(28)39-4)24-13-16-26(17-14-24)40-21-20-34(32(37)38)19-9-12-30(36)33(2)3/h6-18,22,35H,5,19-21H2,1-4H3,(H,37,38)/b12-9+,31-27+. The molecule has 0 bridgehead atoms. The SMILES string of the molecule is CC/C(=C(/c1ccc(OCCN(C/C=C/C(=O)N(C)C)C(=O)O)cc1)c1ccc(O)cc1OC)c1ccccc1. The van der Waals surface area contributed by atoms with E-state index in [0.29, 0.717) is 11.5 Å². The number of carboxylic acid groups (broad SMARTS) is 1. The Balaban J connectivity index is 1.84. The highest BCUT2D eigenvalue weighted by molar-refractivity contribution is 6.00. The minimum absolute atomic E-state index is 0.0824. The number of carbonyl (C=O) groups excluding carboxylic acids is 1. The zero-order chi connectivity index (χ0) is 29.1. The number of benzene rings is 3. The van der Waals surface area contributed by atoms with Crippen LogP contribution in [0.4, 0.5) is 4.79 Å². The van der Waals surface area contributed by atoms with E-state index < -0.39 is 6.09 Å². The summed E-state index contributed by atoms with van der Waals surface area (Å²) < 4.78 is 11.5. The van der Waals surface area contributed by atoms with Crippen molar-refractivity contribution in [1.82, 2.24) is 9.80 Å². The van der Waals surface area contributed by atoms with Crippen LogP contribution < -0.4 is 9.47 Å². The molecule has 0 aliphatic carbocycles. The van der Waals surface area contributed by atoms with Crippen molar-refractivity contribution in [3.8, 4) is 17.2 Å². The lowest BCUT2D eigenvalue weighted by atomic mass is 9.87. The van der Waals surface area contributed by atoms with Gasteiger partial charge in [0.2, 0.25) is 5.91 Å². The molecule has 0 aromatic heterocycles. The van der Waals surface area contributed by atoms with Crippen LogP contribution in [0.15, 0.2) is 84.9 Å². The fourth-order valence-electron chi connectivity index (χ4n) is 4.23. The number of carbonyl (C=O) groups is 2. The third-order valence-electron chi connectivity index (χ3n) is 6.30. The Hall–Kier alpha value is -4.72. The Morgan fingerprint density at radius 3 is 2.25 bits per heavy atom. The quantitative estimate of drug-likeness (QED) is 0.222. The Morgan fingerprint density at radius 2 is 1.65 bits per heavy atom. The van der Waals surface area contributed by atoms with Gasteiger partial charge in [-0.05, 0) is 53.0 Å². The van der Waals surface area contributed by atoms with Crippen LogP contribution in [-0.2, 0) is 4.79 Å². The molecule has 0 saturated heterocycles. The molecule has 3 rings (SSSR count). The van der Waals surface area contributed by atoms with Gasteiger partial charge in [0, 0.05) is 38.3 Å². The van der Waals surface area contributed by atoms with Crippen LogP contribution in [0.3, 0.4) is 0 Å². The monoisotopic (exact) mass is 544 g/mol. The number of phenols is 1. The van der Waals surface area contributed by atoms with Gasteiger partial charge in [-0.2, -0.15) is 0 Å². The molecule has 0 atom stereocenters. The summed E-state index contributed by atoms with van der Waals surface area (Å²) in [5.41, 5.74) is 4.99. The van der Waals surface area contributed by atoms with E-state index in [2.05, 4.69) is 19.1 Å². The highest BCUT2D eigenvalue weighted by Crippen LogP contribution is 2.40. The van der Waals surface area contributed by atoms with E-state index in [9.17, 15) is 19.8 Å². The van der Waals surface area contributed by atoms with Crippen molar-refractivity contribution in [2.45, 2.75) is 13.3 Å². The van der Waals surface area contributed by atoms with E-state index in [1.54, 1.807) is 33.3 Å². The van der Waals surface area contributed by atoms with Gasteiger partial charge in [0.15, 0.2) is 0 Å². The van der Waals surface area contributed by atoms with Crippen molar-refractivity contribution in [1.29, 1.82) is 0 Å². The third-order valence-corrected chi connectivity index (χ3v) is 6.30. The van der Waals surface area contributed by atoms with Crippen molar-refractivity contribution < 1.29 is 29.3 Å². The molecule has 0 radical (unpaired) electrons. The number of methoxy groups -OCH3 is 1. The van der Waals surface area contributed by atoms with Crippen LogP contribution in [0.5, 0.6) is 17.2 Å². The van der Waals surface area contributed by atoms with Gasteiger partial charge in [-0.3, -0.25) is 4.79 Å². The zero-order valence-electron chi connectivity index (χ0n) is 23.3. The van der Waals surface area contributed by atoms with Crippen molar-refractivity contribution >= 4 is 23.1 Å². The van der Waals surface area contributed by atoms with Crippen LogP contribution in [0.2, 0.25) is 0 Å². The third kappa shape index (κ3) is 7.89. The summed E-state index contributed by atoms with van der Waals surface area (Å²) in [5.74, 6) is 1.07. The van der Waals surface area contributed by atoms with E-state index in [-0.39, 0.29) is 31.4 Å². The highest BCUT2D eigenvalue weighted by Gasteiger charge is 2.18. The minimum Gasteiger partial charge on any atom is -0.508 e. The predicted molar refractivity (Wildman–Crippen MR) is 157 cm³/mol. The molecule has 210 valence electrons. The van der Waals surface area contributed by atoms with Gasteiger partial charge in [0.1, 0.15) is 23.9 Å². The summed E-state index contributed by atoms with van der Waals surface area (Å²) in [6.45, 7) is 2.48. The van der Waals surface area contributed by atoms with Gasteiger partial charge in [0.05, 0.1) is 13.7 Å². The van der Waals surface area contributed by atoms with Crippen LogP contribution in [0.1, 0.15) is 30.0 Å². The van der Waals surface area contributed by atoms with Crippen LogP contribution in [0, 0.1) is 0 Å². The molecule has 8 nitrogen and oxygen atoms in total. The number of rotatable bonds is 12. The van der Waals surface area contributed by atoms with Crippen molar-refractivity contribution in [2.24, 2.45) is 0 Å². The lowest BCUT2D eigenvalue weighted by Gasteiger charge is -2.20. The number of likely N-dealkylation sites (N-methyl/N-ethyl adjacent to an activating group) is 1. The number of aromatic hydroxyl groups is 1. The Kier molecular flexibility index (Phi) is 10.8. The van der Waals surface area contributed by atoms with Crippen LogP contribution in [0.25, 0.3) is 11.1 Å². The molecule has 0 fully saturated rings. The molecule has 40 heavy (non-hydrogen) atoms. The zero-order valence-corrected chi connectivity index (χ0v) is 23.3. The van der Waals surface area contributed by atoms with Crippen molar-refractivity contribution in [3.63, 3.8) is 0 Å². The van der Waals surface area contributed by atoms with Gasteiger partial charge in [-0.15, -0.1) is 0 Å². The first-order chi connectivity index (χ1) is 19.2. The molecular formula is C32H36N2O6. The van der Waals surface area contributed by atoms with Crippen molar-refractivity contribution in [2.75, 3.05) is 40.9 Å². The van der Waals surface area contributed by atoms with E-state index in [4.69, 9.17) is 9.47 Å². The summed E-state index contributed by atoms with van der Waals surface area (Å²) in [5, 5.41) is 19.5. The van der Waals surface area contributed by atoms with E-state index in [0.717, 1.165) is 34.3 Å². The molecule has 0 spiro atoms. The molecule has 0 aliphatic rings. The lowest BCUT2D eigenvalue weighted by Crippen LogP contribution is -2.33. The Morgan fingerprint density at radius 1 is 0.950 bits per heavy atom. The molecule has 0 heterocycles. The largest absolute Gasteiger partial charge is 0.508 e. The first kappa shape index (κ1) is 29.8. The maximum atomic E-state index is 11.7. The molecule has 0 unspecified atom stereocenters. The Labute approximate surface area is 235 Å². The summed E-state index contributed by atoms with van der Waals surface area (Å²) in [6.07, 6.45) is 2.55. The first-order valence-corrected chi connectivity index (χ1v) is 13.0. The lowest BCUT2D eigenvalue weighted by molar-refractivity contribution is -0.123. The average molecular weight is 545 g/mol. The maximum absolute atomic E-state index is 11.7. The average Bonchev–Trinajstić information content (AvgIpc) is 2.95. The molecular weight excluding hydrogens is 508 g/mol. The highest BCUT2D eigenvalue weighted by atomic mass is 16.5. The van der Waals surface area contributed by atoms with Gasteiger partial charge in [-0.25, -0.2) is 4.79 Å². The number of amides is 2. The van der Waals surface area contributed by atoms with Gasteiger partial charge in [0.25, 0.3) is 0 Å².